The average molecular weight is 934 g/mol. The largest absolute Gasteiger partial charge is 0.462 e. The van der Waals surface area contributed by atoms with Crippen LogP contribution >= 0.6 is 0 Å². The molecular weight excluding hydrogens is 817 g/mol. The van der Waals surface area contributed by atoms with E-state index in [0.29, 0.717) is 19.3 Å². The van der Waals surface area contributed by atoms with Crippen LogP contribution in [0.25, 0.3) is 0 Å². The summed E-state index contributed by atoms with van der Waals surface area (Å²) >= 11 is 0. The Balaban J connectivity index is 4.26. The van der Waals surface area contributed by atoms with Gasteiger partial charge in [0.15, 0.2) is 6.10 Å². The number of carbonyl (C=O) groups excluding carboxylic acids is 3. The first-order chi connectivity index (χ1) is 32.5. The first-order valence-corrected chi connectivity index (χ1v) is 30.0. The number of hydrogen-bond acceptors (Lipinski definition) is 6. The van der Waals surface area contributed by atoms with E-state index in [1.165, 1.54) is 250 Å². The summed E-state index contributed by atoms with van der Waals surface area (Å²) in [6.07, 6.45) is 62.4. The lowest BCUT2D eigenvalue weighted by atomic mass is 10.0. The van der Waals surface area contributed by atoms with Gasteiger partial charge in [0.25, 0.3) is 0 Å². The van der Waals surface area contributed by atoms with Gasteiger partial charge in [-0.1, -0.05) is 310 Å². The fourth-order valence-electron chi connectivity index (χ4n) is 9.33. The maximum atomic E-state index is 12.9. The highest BCUT2D eigenvalue weighted by Crippen LogP contribution is 2.18. The minimum absolute atomic E-state index is 0.0609. The van der Waals surface area contributed by atoms with Gasteiger partial charge < -0.3 is 14.2 Å². The van der Waals surface area contributed by atoms with Crippen molar-refractivity contribution in [3.05, 3.63) is 0 Å². The predicted octanol–water partition coefficient (Wildman–Crippen LogP) is 19.9. The van der Waals surface area contributed by atoms with Gasteiger partial charge in [-0.15, -0.1) is 0 Å². The minimum Gasteiger partial charge on any atom is -0.462 e. The van der Waals surface area contributed by atoms with Gasteiger partial charge in [0, 0.05) is 19.3 Å². The van der Waals surface area contributed by atoms with Crippen LogP contribution in [0.4, 0.5) is 0 Å². The van der Waals surface area contributed by atoms with E-state index < -0.39 is 6.10 Å². The number of carbonyl (C=O) groups is 3. The molecule has 0 amide bonds. The lowest BCUT2D eigenvalue weighted by Crippen LogP contribution is -2.30. The molecule has 0 aliphatic heterocycles. The van der Waals surface area contributed by atoms with Crippen molar-refractivity contribution in [2.24, 2.45) is 0 Å². The van der Waals surface area contributed by atoms with Gasteiger partial charge in [0.05, 0.1) is 0 Å². The van der Waals surface area contributed by atoms with E-state index in [-0.39, 0.29) is 31.1 Å². The van der Waals surface area contributed by atoms with Crippen LogP contribution in [0.2, 0.25) is 0 Å². The van der Waals surface area contributed by atoms with E-state index in [1.807, 2.05) is 0 Å². The van der Waals surface area contributed by atoms with E-state index in [1.54, 1.807) is 0 Å². The molecule has 0 saturated carbocycles. The van der Waals surface area contributed by atoms with E-state index in [0.717, 1.165) is 57.8 Å². The van der Waals surface area contributed by atoms with E-state index in [9.17, 15) is 14.4 Å². The third kappa shape index (κ3) is 53.4. The van der Waals surface area contributed by atoms with Gasteiger partial charge in [0.1, 0.15) is 13.2 Å². The zero-order valence-electron chi connectivity index (χ0n) is 45.0. The molecule has 0 saturated heterocycles. The van der Waals surface area contributed by atoms with Crippen molar-refractivity contribution in [2.45, 2.75) is 354 Å². The predicted molar refractivity (Wildman–Crippen MR) is 284 cm³/mol. The molecule has 0 aromatic rings. The Bertz CT molecular complexity index is 982. The van der Waals surface area contributed by atoms with Gasteiger partial charge in [-0.25, -0.2) is 0 Å². The summed E-state index contributed by atoms with van der Waals surface area (Å²) in [5, 5.41) is 0. The molecule has 0 aliphatic carbocycles. The van der Waals surface area contributed by atoms with E-state index in [4.69, 9.17) is 14.2 Å². The van der Waals surface area contributed by atoms with Crippen molar-refractivity contribution in [2.75, 3.05) is 13.2 Å². The Labute approximate surface area is 412 Å². The lowest BCUT2D eigenvalue weighted by Gasteiger charge is -2.18. The van der Waals surface area contributed by atoms with Gasteiger partial charge in [-0.2, -0.15) is 0 Å². The van der Waals surface area contributed by atoms with Crippen molar-refractivity contribution in [1.29, 1.82) is 0 Å². The molecule has 0 aliphatic rings. The number of esters is 3. The lowest BCUT2D eigenvalue weighted by molar-refractivity contribution is -0.167. The molecule has 0 N–H and O–H groups in total. The molecule has 1 atom stereocenters. The third-order valence-corrected chi connectivity index (χ3v) is 13.9. The summed E-state index contributed by atoms with van der Waals surface area (Å²) in [7, 11) is 0. The molecule has 0 spiro atoms. The molecule has 6 heteroatoms. The van der Waals surface area contributed by atoms with Crippen LogP contribution in [-0.4, -0.2) is 37.2 Å². The molecule has 0 bridgehead atoms. The van der Waals surface area contributed by atoms with Gasteiger partial charge >= 0.3 is 17.9 Å². The van der Waals surface area contributed by atoms with Crippen LogP contribution in [0.1, 0.15) is 348 Å². The highest BCUT2D eigenvalue weighted by atomic mass is 16.6. The normalized spacial score (nSPS) is 11.9. The zero-order valence-corrected chi connectivity index (χ0v) is 45.0. The number of ether oxygens (including phenoxy) is 3. The Morgan fingerprint density at radius 2 is 0.409 bits per heavy atom. The number of rotatable bonds is 56. The summed E-state index contributed by atoms with van der Waals surface area (Å²) in [5.74, 6) is -0.830. The van der Waals surface area contributed by atoms with Crippen molar-refractivity contribution in [1.82, 2.24) is 0 Å². The quantitative estimate of drug-likeness (QED) is 0.0343. The van der Waals surface area contributed by atoms with E-state index >= 15 is 0 Å². The van der Waals surface area contributed by atoms with Crippen LogP contribution < -0.4 is 0 Å². The number of unbranched alkanes of at least 4 members (excludes halogenated alkanes) is 45. The molecule has 0 aromatic carbocycles. The van der Waals surface area contributed by atoms with Crippen LogP contribution in [0.5, 0.6) is 0 Å². The van der Waals surface area contributed by atoms with Crippen molar-refractivity contribution < 1.29 is 28.6 Å². The Morgan fingerprint density at radius 1 is 0.242 bits per heavy atom. The molecular formula is C60H116O6. The fourth-order valence-corrected chi connectivity index (χ4v) is 9.33. The fraction of sp³-hybridized carbons (Fsp3) is 0.950. The second-order valence-electron chi connectivity index (χ2n) is 20.6. The zero-order chi connectivity index (χ0) is 47.9. The van der Waals surface area contributed by atoms with Crippen LogP contribution in [0.15, 0.2) is 0 Å². The highest BCUT2D eigenvalue weighted by Gasteiger charge is 2.19. The van der Waals surface area contributed by atoms with Crippen molar-refractivity contribution in [3.63, 3.8) is 0 Å². The molecule has 0 radical (unpaired) electrons. The van der Waals surface area contributed by atoms with E-state index in [2.05, 4.69) is 20.8 Å². The molecule has 0 aromatic heterocycles. The minimum atomic E-state index is -0.761. The average Bonchev–Trinajstić information content (AvgIpc) is 3.31. The van der Waals surface area contributed by atoms with Crippen molar-refractivity contribution >= 4 is 17.9 Å². The molecule has 0 unspecified atom stereocenters. The maximum Gasteiger partial charge on any atom is 0.306 e. The molecule has 392 valence electrons. The first-order valence-electron chi connectivity index (χ1n) is 30.0. The van der Waals surface area contributed by atoms with Gasteiger partial charge in [-0.05, 0) is 19.3 Å². The summed E-state index contributed by atoms with van der Waals surface area (Å²) in [6, 6.07) is 0. The summed E-state index contributed by atoms with van der Waals surface area (Å²) < 4.78 is 16.9. The summed E-state index contributed by atoms with van der Waals surface area (Å²) in [5.41, 5.74) is 0. The Hall–Kier alpha value is -1.59. The second-order valence-corrected chi connectivity index (χ2v) is 20.6. The standard InChI is InChI=1S/C60H116O6/c1-4-7-10-13-16-19-22-25-27-29-31-33-35-38-41-44-47-50-53-59(62)65-56-57(55-64-58(61)52-49-46-43-40-37-24-21-18-15-12-9-6-3)66-60(63)54-51-48-45-42-39-36-34-32-30-28-26-23-20-17-14-11-8-5-2/h57H,4-56H2,1-3H3/t57-/m0/s1. The van der Waals surface area contributed by atoms with Gasteiger partial charge in [0.2, 0.25) is 0 Å². The molecule has 0 fully saturated rings. The number of hydrogen-bond donors (Lipinski definition) is 0. The van der Waals surface area contributed by atoms with Crippen molar-refractivity contribution in [3.8, 4) is 0 Å². The topological polar surface area (TPSA) is 78.9 Å². The SMILES string of the molecule is CCCCCCCCCCCCCCCCCCCCC(=O)OC[C@H](COC(=O)CCCCCCCCCCCCCC)OC(=O)CCCCCCCCCCCCCCCCCCCC. The first kappa shape index (κ1) is 64.4. The summed E-state index contributed by atoms with van der Waals surface area (Å²) in [4.78, 5) is 38.2. The monoisotopic (exact) mass is 933 g/mol. The third-order valence-electron chi connectivity index (χ3n) is 13.9. The molecule has 66 heavy (non-hydrogen) atoms. The molecule has 6 nitrogen and oxygen atoms in total. The summed E-state index contributed by atoms with van der Waals surface area (Å²) in [6.45, 7) is 6.71. The smallest absolute Gasteiger partial charge is 0.306 e. The molecule has 0 rings (SSSR count). The van der Waals surface area contributed by atoms with Crippen LogP contribution in [0, 0.1) is 0 Å². The Morgan fingerprint density at radius 3 is 0.606 bits per heavy atom. The molecule has 0 heterocycles. The van der Waals surface area contributed by atoms with Crippen LogP contribution in [0.3, 0.4) is 0 Å². The maximum absolute atomic E-state index is 12.9. The van der Waals surface area contributed by atoms with Gasteiger partial charge in [-0.3, -0.25) is 14.4 Å². The highest BCUT2D eigenvalue weighted by molar-refractivity contribution is 5.71. The van der Waals surface area contributed by atoms with Crippen LogP contribution in [-0.2, 0) is 28.6 Å². The Kier molecular flexibility index (Phi) is 54.7. The second kappa shape index (κ2) is 56.0.